The van der Waals surface area contributed by atoms with Gasteiger partial charge in [0, 0.05) is 11.5 Å². The van der Waals surface area contributed by atoms with Gasteiger partial charge in [-0.1, -0.05) is 12.8 Å². The molecule has 0 radical (unpaired) electrons. The summed E-state index contributed by atoms with van der Waals surface area (Å²) >= 11 is 0. The molecule has 0 saturated heterocycles. The van der Waals surface area contributed by atoms with Crippen molar-refractivity contribution in [3.05, 3.63) is 35.4 Å². The van der Waals surface area contributed by atoms with Gasteiger partial charge in [0.2, 0.25) is 0 Å². The van der Waals surface area contributed by atoms with Crippen molar-refractivity contribution in [1.29, 1.82) is 0 Å². The van der Waals surface area contributed by atoms with Crippen LogP contribution in [-0.2, 0) is 16.1 Å². The molecule has 1 fully saturated rings. The second-order valence-electron chi connectivity index (χ2n) is 5.97. The Kier molecular flexibility index (Phi) is 4.41. The minimum Gasteiger partial charge on any atom is -0.468 e. The van der Waals surface area contributed by atoms with E-state index in [4.69, 9.17) is 4.74 Å². The number of benzene rings is 1. The Labute approximate surface area is 134 Å². The minimum atomic E-state index is -0.351. The molecule has 1 aromatic heterocycles. The summed E-state index contributed by atoms with van der Waals surface area (Å²) < 4.78 is 19.8. The normalized spacial score (nSPS) is 15.1. The average Bonchev–Trinajstić information content (AvgIpc) is 3.19. The van der Waals surface area contributed by atoms with Gasteiger partial charge >= 0.3 is 5.97 Å². The third-order valence-corrected chi connectivity index (χ3v) is 4.34. The first-order valence-electron chi connectivity index (χ1n) is 7.86. The van der Waals surface area contributed by atoms with Crippen molar-refractivity contribution in [2.75, 3.05) is 7.11 Å². The zero-order valence-electron chi connectivity index (χ0n) is 13.4. The number of aryl methyl sites for hydroxylation is 1. The molecular weight excluding hydrogens is 297 g/mol. The van der Waals surface area contributed by atoms with E-state index < -0.39 is 0 Å². The van der Waals surface area contributed by atoms with E-state index in [0.29, 0.717) is 17.3 Å². The summed E-state index contributed by atoms with van der Waals surface area (Å²) in [5.41, 5.74) is 1.31. The highest BCUT2D eigenvalue weighted by Gasteiger charge is 2.25. The van der Waals surface area contributed by atoms with Crippen molar-refractivity contribution in [3.63, 3.8) is 0 Å². The predicted octanol–water partition coefficient (Wildman–Crippen LogP) is 3.22. The van der Waals surface area contributed by atoms with Gasteiger partial charge < -0.3 is 4.74 Å². The Morgan fingerprint density at radius 1 is 1.39 bits per heavy atom. The Balaban J connectivity index is 1.98. The summed E-state index contributed by atoms with van der Waals surface area (Å²) in [6, 6.07) is 4.81. The second kappa shape index (κ2) is 6.48. The predicted molar refractivity (Wildman–Crippen MR) is 83.4 cm³/mol. The molecule has 23 heavy (non-hydrogen) atoms. The lowest BCUT2D eigenvalue weighted by atomic mass is 10.1. The van der Waals surface area contributed by atoms with Gasteiger partial charge in [-0.25, -0.2) is 14.1 Å². The number of aromatic nitrogens is 3. The Morgan fingerprint density at radius 3 is 2.78 bits per heavy atom. The van der Waals surface area contributed by atoms with E-state index in [1.54, 1.807) is 23.7 Å². The summed E-state index contributed by atoms with van der Waals surface area (Å²) in [5, 5.41) is 4.47. The average molecular weight is 317 g/mol. The van der Waals surface area contributed by atoms with Crippen molar-refractivity contribution in [2.45, 2.75) is 45.1 Å². The first kappa shape index (κ1) is 15.6. The molecule has 6 heteroatoms. The SMILES string of the molecule is COC(=O)Cn1nc(-c2ccc(F)c(C)c2)nc1C1CCCC1. The first-order chi connectivity index (χ1) is 11.1. The maximum Gasteiger partial charge on any atom is 0.327 e. The number of hydrogen-bond donors (Lipinski definition) is 0. The number of ether oxygens (including phenoxy) is 1. The first-order valence-corrected chi connectivity index (χ1v) is 7.86. The molecule has 3 rings (SSSR count). The van der Waals surface area contributed by atoms with Gasteiger partial charge in [0.1, 0.15) is 18.2 Å². The topological polar surface area (TPSA) is 57.0 Å². The summed E-state index contributed by atoms with van der Waals surface area (Å²) in [5.74, 6) is 1.07. The maximum absolute atomic E-state index is 13.5. The highest BCUT2D eigenvalue weighted by atomic mass is 19.1. The van der Waals surface area contributed by atoms with Crippen molar-refractivity contribution < 1.29 is 13.9 Å². The molecule has 1 aromatic carbocycles. The van der Waals surface area contributed by atoms with Gasteiger partial charge in [0.05, 0.1) is 7.11 Å². The van der Waals surface area contributed by atoms with E-state index in [1.807, 2.05) is 0 Å². The molecule has 1 saturated carbocycles. The van der Waals surface area contributed by atoms with Crippen LogP contribution in [0, 0.1) is 12.7 Å². The number of carbonyl (C=O) groups is 1. The van der Waals surface area contributed by atoms with Crippen LogP contribution >= 0.6 is 0 Å². The lowest BCUT2D eigenvalue weighted by Crippen LogP contribution is -2.16. The van der Waals surface area contributed by atoms with Crippen molar-refractivity contribution in [1.82, 2.24) is 14.8 Å². The van der Waals surface area contributed by atoms with E-state index in [0.717, 1.165) is 24.2 Å². The van der Waals surface area contributed by atoms with E-state index >= 15 is 0 Å². The summed E-state index contributed by atoms with van der Waals surface area (Å²) in [7, 11) is 1.36. The zero-order chi connectivity index (χ0) is 16.4. The van der Waals surface area contributed by atoms with Crippen LogP contribution in [0.2, 0.25) is 0 Å². The van der Waals surface area contributed by atoms with Crippen LogP contribution in [0.5, 0.6) is 0 Å². The summed E-state index contributed by atoms with van der Waals surface area (Å²) in [6.45, 7) is 1.76. The number of methoxy groups -OCH3 is 1. The molecule has 2 aromatic rings. The third kappa shape index (κ3) is 3.25. The number of nitrogens with zero attached hydrogens (tertiary/aromatic N) is 3. The van der Waals surface area contributed by atoms with Gasteiger partial charge in [0.25, 0.3) is 0 Å². The van der Waals surface area contributed by atoms with Gasteiger partial charge in [0.15, 0.2) is 5.82 Å². The van der Waals surface area contributed by atoms with E-state index in [2.05, 4.69) is 10.1 Å². The molecule has 0 N–H and O–H groups in total. The summed E-state index contributed by atoms with van der Waals surface area (Å²) in [6.07, 6.45) is 4.45. The monoisotopic (exact) mass is 317 g/mol. The molecule has 0 amide bonds. The molecule has 0 bridgehead atoms. The zero-order valence-corrected chi connectivity index (χ0v) is 13.4. The Hall–Kier alpha value is -2.24. The van der Waals surface area contributed by atoms with Crippen LogP contribution in [0.25, 0.3) is 11.4 Å². The van der Waals surface area contributed by atoms with E-state index in [1.165, 1.54) is 26.0 Å². The Morgan fingerprint density at radius 2 is 2.13 bits per heavy atom. The standard InChI is InChI=1S/C17H20FN3O2/c1-11-9-13(7-8-14(11)18)16-19-17(12-5-3-4-6-12)21(20-16)10-15(22)23-2/h7-9,12H,3-6,10H2,1-2H3. The molecule has 1 aliphatic rings. The minimum absolute atomic E-state index is 0.0511. The van der Waals surface area contributed by atoms with Gasteiger partial charge in [-0.15, -0.1) is 0 Å². The van der Waals surface area contributed by atoms with Crippen molar-refractivity contribution in [3.8, 4) is 11.4 Å². The van der Waals surface area contributed by atoms with Gasteiger partial charge in [-0.05, 0) is 43.5 Å². The molecule has 0 spiro atoms. The largest absolute Gasteiger partial charge is 0.468 e. The quantitative estimate of drug-likeness (QED) is 0.812. The second-order valence-corrected chi connectivity index (χ2v) is 5.97. The summed E-state index contributed by atoms with van der Waals surface area (Å²) in [4.78, 5) is 16.3. The van der Waals surface area contributed by atoms with Crippen LogP contribution in [0.1, 0.15) is 43.0 Å². The highest BCUT2D eigenvalue weighted by molar-refractivity contribution is 5.69. The van der Waals surface area contributed by atoms with Crippen LogP contribution in [0.15, 0.2) is 18.2 Å². The fourth-order valence-corrected chi connectivity index (χ4v) is 3.05. The molecule has 0 aliphatic heterocycles. The number of hydrogen-bond acceptors (Lipinski definition) is 4. The third-order valence-electron chi connectivity index (χ3n) is 4.34. The lowest BCUT2D eigenvalue weighted by molar-refractivity contribution is -0.141. The van der Waals surface area contributed by atoms with Crippen LogP contribution in [-0.4, -0.2) is 27.8 Å². The molecule has 5 nitrogen and oxygen atoms in total. The number of halogens is 1. The highest BCUT2D eigenvalue weighted by Crippen LogP contribution is 2.34. The van der Waals surface area contributed by atoms with E-state index in [-0.39, 0.29) is 18.3 Å². The van der Waals surface area contributed by atoms with Crippen LogP contribution in [0.4, 0.5) is 4.39 Å². The Bertz CT molecular complexity index is 721. The van der Waals surface area contributed by atoms with Crippen LogP contribution < -0.4 is 0 Å². The van der Waals surface area contributed by atoms with Crippen molar-refractivity contribution in [2.24, 2.45) is 0 Å². The smallest absolute Gasteiger partial charge is 0.327 e. The molecule has 122 valence electrons. The molecule has 0 atom stereocenters. The number of rotatable bonds is 4. The number of carbonyl (C=O) groups excluding carboxylic acids is 1. The fraction of sp³-hybridized carbons (Fsp3) is 0.471. The number of esters is 1. The van der Waals surface area contributed by atoms with Gasteiger partial charge in [-0.3, -0.25) is 4.79 Å². The molecular formula is C17H20FN3O2. The van der Waals surface area contributed by atoms with E-state index in [9.17, 15) is 9.18 Å². The maximum atomic E-state index is 13.5. The fourth-order valence-electron chi connectivity index (χ4n) is 3.05. The molecule has 0 unspecified atom stereocenters. The van der Waals surface area contributed by atoms with Crippen LogP contribution in [0.3, 0.4) is 0 Å². The lowest BCUT2D eigenvalue weighted by Gasteiger charge is -2.09. The molecule has 1 heterocycles. The molecule has 1 aliphatic carbocycles. The van der Waals surface area contributed by atoms with Crippen molar-refractivity contribution >= 4 is 5.97 Å². The van der Waals surface area contributed by atoms with Gasteiger partial charge in [-0.2, -0.15) is 5.10 Å².